The molecule has 0 heterocycles. The number of carboxylic acid groups (broad SMARTS) is 1. The van der Waals surface area contributed by atoms with Crippen molar-refractivity contribution in [3.8, 4) is 5.75 Å². The summed E-state index contributed by atoms with van der Waals surface area (Å²) in [5.41, 5.74) is 5.98. The molecule has 9 nitrogen and oxygen atoms in total. The molecule has 1 aromatic carbocycles. The van der Waals surface area contributed by atoms with Crippen LogP contribution in [0.3, 0.4) is 0 Å². The van der Waals surface area contributed by atoms with E-state index in [0.717, 1.165) is 0 Å². The lowest BCUT2D eigenvalue weighted by molar-refractivity contribution is -0.141. The van der Waals surface area contributed by atoms with Crippen LogP contribution in [0.5, 0.6) is 5.75 Å². The number of primary amides is 1. The molecule has 1 rings (SSSR count). The van der Waals surface area contributed by atoms with E-state index in [-0.39, 0.29) is 24.5 Å². The smallest absolute Gasteiger partial charge is 0.326 e. The van der Waals surface area contributed by atoms with Crippen LogP contribution < -0.4 is 16.4 Å². The first-order valence-corrected chi connectivity index (χ1v) is 9.96. The number of nitrogens with one attached hydrogen (secondary N) is 2. The molecule has 9 heteroatoms. The second kappa shape index (κ2) is 14.6. The summed E-state index contributed by atoms with van der Waals surface area (Å²) in [6, 6.07) is 3.73. The van der Waals surface area contributed by atoms with Gasteiger partial charge in [-0.1, -0.05) is 66.8 Å². The third kappa shape index (κ3) is 11.5. The molecule has 0 aliphatic carbocycles. The lowest BCUT2D eigenvalue weighted by atomic mass is 10.1. The first-order chi connectivity index (χ1) is 15.7. The van der Waals surface area contributed by atoms with Crippen LogP contribution in [0.15, 0.2) is 72.9 Å². The predicted octanol–water partition coefficient (Wildman–Crippen LogP) is 2.42. The molecule has 0 saturated carbocycles. The number of aliphatic carboxylic acids is 1. The number of hydrogen-bond acceptors (Lipinski definition) is 5. The number of phenolic OH excluding ortho intramolecular Hbond substituents is 1. The lowest BCUT2D eigenvalue weighted by Gasteiger charge is -2.11. The van der Waals surface area contributed by atoms with Gasteiger partial charge < -0.3 is 26.6 Å². The Morgan fingerprint density at radius 3 is 2.18 bits per heavy atom. The summed E-state index contributed by atoms with van der Waals surface area (Å²) < 4.78 is 0. The number of amides is 3. The van der Waals surface area contributed by atoms with Crippen molar-refractivity contribution < 1.29 is 29.4 Å². The van der Waals surface area contributed by atoms with Crippen molar-refractivity contribution >= 4 is 35.5 Å². The Kier molecular flexibility index (Phi) is 11.8. The molecule has 0 fully saturated rings. The lowest BCUT2D eigenvalue weighted by Crippen LogP contribution is -2.40. The number of rotatable bonds is 12. The number of para-hydroxylation sites is 1. The number of hydrogen-bond donors (Lipinski definition) is 5. The number of carboxylic acids is 1. The average Bonchev–Trinajstić information content (AvgIpc) is 2.74. The summed E-state index contributed by atoms with van der Waals surface area (Å²) in [6.45, 7) is 1.36. The number of aromatic hydroxyl groups is 1. The molecule has 0 saturated heterocycles. The summed E-state index contributed by atoms with van der Waals surface area (Å²) in [5, 5.41) is 23.8. The minimum Gasteiger partial charge on any atom is -0.506 e. The second-order valence-corrected chi connectivity index (χ2v) is 6.70. The number of nitrogens with two attached hydrogens (primary N) is 1. The van der Waals surface area contributed by atoms with Gasteiger partial charge in [-0.3, -0.25) is 14.4 Å². The van der Waals surface area contributed by atoms with E-state index in [4.69, 9.17) is 10.8 Å². The molecule has 3 amide bonds. The van der Waals surface area contributed by atoms with E-state index in [9.17, 15) is 24.3 Å². The summed E-state index contributed by atoms with van der Waals surface area (Å²) in [7, 11) is 0. The van der Waals surface area contributed by atoms with Gasteiger partial charge in [-0.2, -0.15) is 0 Å². The highest BCUT2D eigenvalue weighted by Gasteiger charge is 2.19. The fourth-order valence-electron chi connectivity index (χ4n) is 2.46. The maximum absolute atomic E-state index is 11.7. The molecule has 0 radical (unpaired) electrons. The molecule has 1 atom stereocenters. The van der Waals surface area contributed by atoms with Crippen molar-refractivity contribution in [2.45, 2.75) is 25.8 Å². The number of phenols is 1. The van der Waals surface area contributed by atoms with E-state index in [1.54, 1.807) is 60.7 Å². The Morgan fingerprint density at radius 2 is 1.61 bits per heavy atom. The van der Waals surface area contributed by atoms with Gasteiger partial charge in [0, 0.05) is 25.0 Å². The number of allylic oxidation sites excluding steroid dienone is 8. The second-order valence-electron chi connectivity index (χ2n) is 6.70. The van der Waals surface area contributed by atoms with E-state index in [1.807, 2.05) is 0 Å². The van der Waals surface area contributed by atoms with E-state index in [1.165, 1.54) is 25.1 Å². The Morgan fingerprint density at radius 1 is 1.00 bits per heavy atom. The van der Waals surface area contributed by atoms with Gasteiger partial charge in [-0.25, -0.2) is 4.79 Å². The average molecular weight is 453 g/mol. The van der Waals surface area contributed by atoms with E-state index < -0.39 is 23.8 Å². The number of benzene rings is 1. The van der Waals surface area contributed by atoms with Crippen molar-refractivity contribution in [1.29, 1.82) is 0 Å². The van der Waals surface area contributed by atoms with Crippen molar-refractivity contribution in [3.63, 3.8) is 0 Å². The SMILES string of the molecule is CC(=O)Nc1c(O)cccc1/C=C/C=C/C=C/C=C/C=C/C(=O)N[C@@H](CCC(N)=O)C(=O)O. The fourth-order valence-corrected chi connectivity index (χ4v) is 2.46. The van der Waals surface area contributed by atoms with Gasteiger partial charge in [-0.15, -0.1) is 0 Å². The fraction of sp³-hybridized carbons (Fsp3) is 0.167. The van der Waals surface area contributed by atoms with Gasteiger partial charge in [0.05, 0.1) is 5.69 Å². The largest absolute Gasteiger partial charge is 0.506 e. The van der Waals surface area contributed by atoms with Crippen LogP contribution in [-0.2, 0) is 19.2 Å². The highest BCUT2D eigenvalue weighted by atomic mass is 16.4. The van der Waals surface area contributed by atoms with Gasteiger partial charge in [0.15, 0.2) is 0 Å². The molecule has 0 unspecified atom stereocenters. The van der Waals surface area contributed by atoms with Crippen LogP contribution in [0.2, 0.25) is 0 Å². The van der Waals surface area contributed by atoms with Gasteiger partial charge >= 0.3 is 5.97 Å². The van der Waals surface area contributed by atoms with Crippen molar-refractivity contribution in [3.05, 3.63) is 78.4 Å². The molecular formula is C24H27N3O6. The van der Waals surface area contributed by atoms with Crippen LogP contribution in [0.4, 0.5) is 5.69 Å². The highest BCUT2D eigenvalue weighted by Crippen LogP contribution is 2.28. The first kappa shape index (κ1) is 26.6. The Bertz CT molecular complexity index is 1010. The maximum Gasteiger partial charge on any atom is 0.326 e. The topological polar surface area (TPSA) is 159 Å². The highest BCUT2D eigenvalue weighted by molar-refractivity contribution is 5.93. The monoisotopic (exact) mass is 453 g/mol. The minimum absolute atomic E-state index is 0.0211. The van der Waals surface area contributed by atoms with Gasteiger partial charge in [0.1, 0.15) is 11.8 Å². The van der Waals surface area contributed by atoms with Crippen molar-refractivity contribution in [2.24, 2.45) is 5.73 Å². The quantitative estimate of drug-likeness (QED) is 0.186. The summed E-state index contributed by atoms with van der Waals surface area (Å²) in [4.78, 5) is 44.8. The van der Waals surface area contributed by atoms with Crippen LogP contribution in [-0.4, -0.2) is 39.9 Å². The molecule has 1 aromatic rings. The first-order valence-electron chi connectivity index (χ1n) is 9.96. The minimum atomic E-state index is -1.24. The van der Waals surface area contributed by atoms with Gasteiger partial charge in [0.2, 0.25) is 17.7 Å². The third-order valence-electron chi connectivity index (χ3n) is 3.97. The maximum atomic E-state index is 11.7. The van der Waals surface area contributed by atoms with Crippen LogP contribution in [0, 0.1) is 0 Å². The zero-order valence-electron chi connectivity index (χ0n) is 18.1. The third-order valence-corrected chi connectivity index (χ3v) is 3.97. The zero-order valence-corrected chi connectivity index (χ0v) is 18.1. The van der Waals surface area contributed by atoms with Gasteiger partial charge in [0.25, 0.3) is 0 Å². The van der Waals surface area contributed by atoms with Crippen molar-refractivity contribution in [1.82, 2.24) is 5.32 Å². The molecule has 0 bridgehead atoms. The molecule has 6 N–H and O–H groups in total. The molecule has 0 aliphatic heterocycles. The summed E-state index contributed by atoms with van der Waals surface area (Å²) in [5.74, 6) is -2.79. The number of carbonyl (C=O) groups is 4. The normalized spacial score (nSPS) is 12.8. The molecule has 0 aliphatic rings. The van der Waals surface area contributed by atoms with Crippen LogP contribution >= 0.6 is 0 Å². The Hall–Kier alpha value is -4.40. The van der Waals surface area contributed by atoms with E-state index in [0.29, 0.717) is 11.3 Å². The summed E-state index contributed by atoms with van der Waals surface area (Å²) in [6.07, 6.45) is 16.1. The molecule has 0 spiro atoms. The number of carbonyl (C=O) groups excluding carboxylic acids is 3. The van der Waals surface area contributed by atoms with E-state index in [2.05, 4.69) is 10.6 Å². The molecule has 0 aromatic heterocycles. The Labute approximate surface area is 191 Å². The number of anilines is 1. The van der Waals surface area contributed by atoms with Crippen molar-refractivity contribution in [2.75, 3.05) is 5.32 Å². The predicted molar refractivity (Wildman–Crippen MR) is 126 cm³/mol. The van der Waals surface area contributed by atoms with E-state index >= 15 is 0 Å². The van der Waals surface area contributed by atoms with Crippen LogP contribution in [0.1, 0.15) is 25.3 Å². The standard InChI is InChI=1S/C24H27N3O6/c1-17(28)26-23-18(12-10-13-20(23)29)11-8-6-4-2-3-5-7-9-14-22(31)27-19(24(32)33)15-16-21(25)30/h2-14,19,29H,15-16H2,1H3,(H2,25,30)(H,26,28)(H,27,31)(H,32,33)/b3-2+,6-4+,7-5+,11-8+,14-9+/t19-/m0/s1. The van der Waals surface area contributed by atoms with Crippen LogP contribution in [0.25, 0.3) is 6.08 Å². The summed E-state index contributed by atoms with van der Waals surface area (Å²) >= 11 is 0. The molecule has 33 heavy (non-hydrogen) atoms. The zero-order chi connectivity index (χ0) is 24.6. The van der Waals surface area contributed by atoms with Gasteiger partial charge in [-0.05, 0) is 12.5 Å². The molecular weight excluding hydrogens is 426 g/mol. The Balaban J connectivity index is 2.52. The molecule has 174 valence electrons.